The van der Waals surface area contributed by atoms with Crippen LogP contribution in [0, 0.1) is 11.3 Å². The fourth-order valence-corrected chi connectivity index (χ4v) is 5.69. The highest BCUT2D eigenvalue weighted by Gasteiger charge is 2.40. The molecule has 2 N–H and O–H groups in total. The summed E-state index contributed by atoms with van der Waals surface area (Å²) < 4.78 is 6.59. The van der Waals surface area contributed by atoms with Crippen molar-refractivity contribution in [3.63, 3.8) is 0 Å². The van der Waals surface area contributed by atoms with E-state index in [-0.39, 0.29) is 29.1 Å². The monoisotopic (exact) mass is 537 g/mol. The number of nitriles is 1. The molecule has 1 atom stereocenters. The minimum absolute atomic E-state index is 0.0872. The molecular weight excluding hydrogens is 506 g/mol. The Kier molecular flexibility index (Phi) is 7.47. The van der Waals surface area contributed by atoms with Crippen LogP contribution in [-0.2, 0) is 11.0 Å². The number of carbonyl (C=O) groups excluding carboxylic acids is 1. The van der Waals surface area contributed by atoms with E-state index in [9.17, 15) is 9.90 Å². The maximum atomic E-state index is 12.7. The van der Waals surface area contributed by atoms with Gasteiger partial charge in [-0.15, -0.1) is 0 Å². The first-order chi connectivity index (χ1) is 17.4. The lowest BCUT2D eigenvalue weighted by Crippen LogP contribution is -2.44. The van der Waals surface area contributed by atoms with Crippen molar-refractivity contribution in [3.05, 3.63) is 58.4 Å². The molecule has 8 nitrogen and oxygen atoms in total. The summed E-state index contributed by atoms with van der Waals surface area (Å²) >= 11 is 6.19. The van der Waals surface area contributed by atoms with E-state index in [4.69, 9.17) is 26.3 Å². The highest BCUT2D eigenvalue weighted by atomic mass is 35.5. The van der Waals surface area contributed by atoms with E-state index in [0.717, 1.165) is 25.3 Å². The van der Waals surface area contributed by atoms with Gasteiger partial charge in [-0.3, -0.25) is 4.79 Å². The van der Waals surface area contributed by atoms with E-state index in [0.29, 0.717) is 27.1 Å². The van der Waals surface area contributed by atoms with Gasteiger partial charge < -0.3 is 19.7 Å². The second-order valence-electron chi connectivity index (χ2n) is 10.9. The van der Waals surface area contributed by atoms with Crippen molar-refractivity contribution < 1.29 is 14.3 Å². The smallest absolute Gasteiger partial charge is 0.274 e. The first-order valence-corrected chi connectivity index (χ1v) is 15.6. The van der Waals surface area contributed by atoms with Crippen LogP contribution in [0.5, 0.6) is 5.75 Å². The van der Waals surface area contributed by atoms with Crippen molar-refractivity contribution in [2.75, 3.05) is 18.0 Å². The van der Waals surface area contributed by atoms with Crippen molar-refractivity contribution in [2.45, 2.75) is 58.0 Å². The minimum Gasteiger partial charge on any atom is -0.505 e. The van der Waals surface area contributed by atoms with E-state index in [2.05, 4.69) is 49.1 Å². The largest absolute Gasteiger partial charge is 0.505 e. The number of aromatic nitrogens is 2. The van der Waals surface area contributed by atoms with Crippen LogP contribution in [0.1, 0.15) is 48.8 Å². The molecule has 0 saturated carbocycles. The van der Waals surface area contributed by atoms with E-state index >= 15 is 0 Å². The Balaban J connectivity index is 1.46. The van der Waals surface area contributed by atoms with E-state index < -0.39 is 14.2 Å². The molecule has 0 aliphatic carbocycles. The molecular formula is C27H32ClN5O3Si. The summed E-state index contributed by atoms with van der Waals surface area (Å²) in [7, 11) is -1.85. The maximum Gasteiger partial charge on any atom is 0.274 e. The zero-order valence-corrected chi connectivity index (χ0v) is 23.6. The number of halogens is 1. The zero-order chi connectivity index (χ0) is 27.0. The lowest BCUT2D eigenvalue weighted by molar-refractivity contribution is 0.0943. The molecule has 194 valence electrons. The van der Waals surface area contributed by atoms with Gasteiger partial charge in [-0.05, 0) is 54.4 Å². The first-order valence-electron chi connectivity index (χ1n) is 12.3. The third kappa shape index (κ3) is 5.72. The van der Waals surface area contributed by atoms with Gasteiger partial charge in [0.05, 0.1) is 29.5 Å². The average molecular weight is 538 g/mol. The van der Waals surface area contributed by atoms with Crippen LogP contribution in [-0.4, -0.2) is 48.5 Å². The van der Waals surface area contributed by atoms with Gasteiger partial charge in [0.2, 0.25) is 0 Å². The maximum absolute atomic E-state index is 12.7. The van der Waals surface area contributed by atoms with E-state index in [1.807, 2.05) is 12.1 Å². The van der Waals surface area contributed by atoms with Gasteiger partial charge in [-0.2, -0.15) is 5.26 Å². The molecule has 3 aromatic rings. The molecule has 0 radical (unpaired) electrons. The molecule has 1 amide bonds. The molecule has 0 bridgehead atoms. The standard InChI is InChI=1S/C27H32ClN5O3Si/c1-27(2,3)37(4,5)36-19-10-11-33(16-19)23-9-8-20-22(32-23)15-30-24(25(20)34)26(35)31-14-18-7-6-17(13-29)12-21(18)28/h6-9,12,15,19,34H,10-11,14,16H2,1-5H3,(H,31,35)/t19-/m1/s1. The number of hydrogen-bond acceptors (Lipinski definition) is 7. The Morgan fingerprint density at radius 2 is 2.08 bits per heavy atom. The van der Waals surface area contributed by atoms with Crippen LogP contribution < -0.4 is 10.2 Å². The molecule has 0 unspecified atom stereocenters. The van der Waals surface area contributed by atoms with Crippen LogP contribution in [0.15, 0.2) is 36.5 Å². The lowest BCUT2D eigenvalue weighted by Gasteiger charge is -2.38. The number of anilines is 1. The summed E-state index contributed by atoms with van der Waals surface area (Å²) in [6.07, 6.45) is 2.61. The number of fused-ring (bicyclic) bond motifs is 1. The molecule has 37 heavy (non-hydrogen) atoms. The molecule has 1 aliphatic rings. The highest BCUT2D eigenvalue weighted by Crippen LogP contribution is 2.38. The van der Waals surface area contributed by atoms with Gasteiger partial charge in [-0.1, -0.05) is 38.4 Å². The summed E-state index contributed by atoms with van der Waals surface area (Å²) in [5.41, 5.74) is 1.52. The molecule has 1 aliphatic heterocycles. The summed E-state index contributed by atoms with van der Waals surface area (Å²) in [6.45, 7) is 13.0. The third-order valence-corrected chi connectivity index (χ3v) is 12.2. The number of aromatic hydroxyl groups is 1. The number of nitrogens with one attached hydrogen (secondary N) is 1. The van der Waals surface area contributed by atoms with Crippen molar-refractivity contribution in [3.8, 4) is 11.8 Å². The highest BCUT2D eigenvalue weighted by molar-refractivity contribution is 6.74. The Hall–Kier alpha value is -3.19. The molecule has 1 aromatic carbocycles. The Morgan fingerprint density at radius 3 is 2.76 bits per heavy atom. The van der Waals surface area contributed by atoms with Crippen molar-refractivity contribution in [1.29, 1.82) is 5.26 Å². The van der Waals surface area contributed by atoms with Crippen LogP contribution in [0.2, 0.25) is 23.2 Å². The van der Waals surface area contributed by atoms with Crippen LogP contribution in [0.4, 0.5) is 5.82 Å². The average Bonchev–Trinajstić information content (AvgIpc) is 3.30. The van der Waals surface area contributed by atoms with Gasteiger partial charge in [0.1, 0.15) is 5.82 Å². The zero-order valence-electron chi connectivity index (χ0n) is 21.8. The Bertz CT molecular complexity index is 1380. The predicted molar refractivity (Wildman–Crippen MR) is 147 cm³/mol. The van der Waals surface area contributed by atoms with Crippen LogP contribution in [0.25, 0.3) is 10.9 Å². The van der Waals surface area contributed by atoms with Gasteiger partial charge in [-0.25, -0.2) is 9.97 Å². The normalized spacial score (nSPS) is 16.1. The molecule has 2 aromatic heterocycles. The summed E-state index contributed by atoms with van der Waals surface area (Å²) in [5.74, 6) is 0.0392. The predicted octanol–water partition coefficient (Wildman–Crippen LogP) is 5.39. The Labute approximate surface area is 223 Å². The molecule has 1 fully saturated rings. The lowest BCUT2D eigenvalue weighted by atomic mass is 10.1. The second-order valence-corrected chi connectivity index (χ2v) is 16.1. The number of rotatable bonds is 6. The van der Waals surface area contributed by atoms with Gasteiger partial charge >= 0.3 is 0 Å². The van der Waals surface area contributed by atoms with Gasteiger partial charge in [0.15, 0.2) is 19.8 Å². The van der Waals surface area contributed by atoms with Gasteiger partial charge in [0, 0.05) is 30.0 Å². The molecule has 0 spiro atoms. The first kappa shape index (κ1) is 26.9. The number of benzene rings is 1. The van der Waals surface area contributed by atoms with E-state index in [1.165, 1.54) is 6.20 Å². The van der Waals surface area contributed by atoms with Crippen molar-refractivity contribution >= 4 is 42.5 Å². The third-order valence-electron chi connectivity index (χ3n) is 7.28. The van der Waals surface area contributed by atoms with E-state index in [1.54, 1.807) is 24.3 Å². The number of nitrogens with zero attached hydrogens (tertiary/aromatic N) is 4. The molecule has 3 heterocycles. The molecule has 10 heteroatoms. The number of carbonyl (C=O) groups is 1. The van der Waals surface area contributed by atoms with Gasteiger partial charge in [0.25, 0.3) is 5.91 Å². The fourth-order valence-electron chi connectivity index (χ4n) is 4.06. The molecule has 4 rings (SSSR count). The summed E-state index contributed by atoms with van der Waals surface area (Å²) in [4.78, 5) is 23.8. The summed E-state index contributed by atoms with van der Waals surface area (Å²) in [5, 5.41) is 23.5. The van der Waals surface area contributed by atoms with Crippen molar-refractivity contribution in [1.82, 2.24) is 15.3 Å². The SMILES string of the molecule is CC(C)(C)[Si](C)(C)O[C@@H]1CCN(c2ccc3c(O)c(C(=O)NCc4ccc(C#N)cc4Cl)ncc3n2)C1. The quantitative estimate of drug-likeness (QED) is 0.405. The molecule has 1 saturated heterocycles. The number of hydrogen-bond donors (Lipinski definition) is 2. The summed E-state index contributed by atoms with van der Waals surface area (Å²) in [6, 6.07) is 10.5. The second kappa shape index (κ2) is 10.3. The fraction of sp³-hybridized carbons (Fsp3) is 0.407. The topological polar surface area (TPSA) is 111 Å². The minimum atomic E-state index is -1.85. The van der Waals surface area contributed by atoms with Crippen molar-refractivity contribution in [2.24, 2.45) is 0 Å². The van der Waals surface area contributed by atoms with Crippen LogP contribution in [0.3, 0.4) is 0 Å². The number of amides is 1. The Morgan fingerprint density at radius 1 is 1.32 bits per heavy atom. The number of pyridine rings is 2. The van der Waals surface area contributed by atoms with Crippen LogP contribution >= 0.6 is 11.6 Å².